The van der Waals surface area contributed by atoms with Gasteiger partial charge in [0.1, 0.15) is 5.67 Å². The Morgan fingerprint density at radius 3 is 2.72 bits per heavy atom. The fourth-order valence-corrected chi connectivity index (χ4v) is 8.18. The van der Waals surface area contributed by atoms with Gasteiger partial charge in [-0.05, 0) is 93.8 Å². The number of carbonyl (C=O) groups is 1. The number of nitrogens with zero attached hydrogens (tertiary/aromatic N) is 2. The van der Waals surface area contributed by atoms with E-state index in [0.29, 0.717) is 43.4 Å². The van der Waals surface area contributed by atoms with Crippen molar-refractivity contribution in [2.45, 2.75) is 89.4 Å². The van der Waals surface area contributed by atoms with Crippen LogP contribution in [0.1, 0.15) is 71.6 Å². The van der Waals surface area contributed by atoms with E-state index in [1.54, 1.807) is 12.5 Å². The summed E-state index contributed by atoms with van der Waals surface area (Å²) in [5.41, 5.74) is -1.79. The molecule has 1 aromatic heterocycles. The molecule has 8 atom stereocenters. The average molecular weight is 403 g/mol. The number of imidazole rings is 1. The SMILES string of the molecule is C[C@@]1(O)CC[C@]2(F)C3CC[C@]4(C)[C@@H](C(=O)Cn5ccnc5)CC[C@H]4[C@@H]3CC[C@@H]2C1. The van der Waals surface area contributed by atoms with E-state index in [1.807, 2.05) is 17.7 Å². The third-order valence-corrected chi connectivity index (χ3v) is 9.60. The summed E-state index contributed by atoms with van der Waals surface area (Å²) in [5.74, 6) is 1.42. The number of hydrogen-bond donors (Lipinski definition) is 1. The van der Waals surface area contributed by atoms with Crippen molar-refractivity contribution in [1.29, 1.82) is 0 Å². The molecular weight excluding hydrogens is 367 g/mol. The van der Waals surface area contributed by atoms with Crippen LogP contribution in [0.3, 0.4) is 0 Å². The number of aromatic nitrogens is 2. The summed E-state index contributed by atoms with van der Waals surface area (Å²) in [6, 6.07) is 0. The lowest BCUT2D eigenvalue weighted by molar-refractivity contribution is -0.165. The van der Waals surface area contributed by atoms with Crippen molar-refractivity contribution >= 4 is 5.78 Å². The van der Waals surface area contributed by atoms with Gasteiger partial charge in [0, 0.05) is 18.3 Å². The van der Waals surface area contributed by atoms with Crippen molar-refractivity contribution in [2.75, 3.05) is 0 Å². The predicted octanol–water partition coefficient (Wildman–Crippen LogP) is 4.56. The van der Waals surface area contributed by atoms with Crippen LogP contribution < -0.4 is 0 Å². The molecule has 0 radical (unpaired) electrons. The van der Waals surface area contributed by atoms with E-state index in [2.05, 4.69) is 11.9 Å². The lowest BCUT2D eigenvalue weighted by atomic mass is 9.48. The average Bonchev–Trinajstić information content (AvgIpc) is 3.29. The molecule has 4 aliphatic rings. The number of rotatable bonds is 3. The van der Waals surface area contributed by atoms with Crippen molar-refractivity contribution in [3.8, 4) is 0 Å². The number of alkyl halides is 1. The lowest BCUT2D eigenvalue weighted by Gasteiger charge is -2.59. The fourth-order valence-electron chi connectivity index (χ4n) is 8.18. The molecular formula is C24H35FN2O2. The van der Waals surface area contributed by atoms with Crippen molar-refractivity contribution in [1.82, 2.24) is 9.55 Å². The summed E-state index contributed by atoms with van der Waals surface area (Å²) < 4.78 is 18.3. The first-order chi connectivity index (χ1) is 13.7. The van der Waals surface area contributed by atoms with Crippen LogP contribution in [0.2, 0.25) is 0 Å². The van der Waals surface area contributed by atoms with Crippen molar-refractivity contribution in [3.63, 3.8) is 0 Å². The second-order valence-corrected chi connectivity index (χ2v) is 11.2. The molecule has 4 nitrogen and oxygen atoms in total. The molecule has 0 aromatic carbocycles. The van der Waals surface area contributed by atoms with Crippen molar-refractivity contribution < 1.29 is 14.3 Å². The van der Waals surface area contributed by atoms with Gasteiger partial charge in [0.15, 0.2) is 5.78 Å². The molecule has 1 aromatic rings. The van der Waals surface area contributed by atoms with Gasteiger partial charge in [-0.25, -0.2) is 9.37 Å². The highest BCUT2D eigenvalue weighted by atomic mass is 19.1. The first-order valence-electron chi connectivity index (χ1n) is 11.6. The van der Waals surface area contributed by atoms with Gasteiger partial charge in [0.25, 0.3) is 0 Å². The van der Waals surface area contributed by atoms with Gasteiger partial charge in [0.2, 0.25) is 0 Å². The first kappa shape index (κ1) is 19.7. The number of aliphatic hydroxyl groups is 1. The molecule has 4 aliphatic carbocycles. The van der Waals surface area contributed by atoms with Gasteiger partial charge in [-0.1, -0.05) is 6.92 Å². The van der Waals surface area contributed by atoms with Gasteiger partial charge in [0.05, 0.1) is 18.5 Å². The van der Waals surface area contributed by atoms with Gasteiger partial charge >= 0.3 is 0 Å². The molecule has 1 heterocycles. The van der Waals surface area contributed by atoms with Gasteiger partial charge in [-0.15, -0.1) is 0 Å². The molecule has 0 bridgehead atoms. The van der Waals surface area contributed by atoms with Crippen LogP contribution in [0.5, 0.6) is 0 Å². The Hall–Kier alpha value is -1.23. The Balaban J connectivity index is 1.36. The van der Waals surface area contributed by atoms with E-state index in [9.17, 15) is 9.90 Å². The maximum absolute atomic E-state index is 16.4. The molecule has 5 rings (SSSR count). The summed E-state index contributed by atoms with van der Waals surface area (Å²) in [5, 5.41) is 10.5. The zero-order valence-electron chi connectivity index (χ0n) is 17.8. The minimum absolute atomic E-state index is 0.0110. The fraction of sp³-hybridized carbons (Fsp3) is 0.833. The van der Waals surface area contributed by atoms with Gasteiger partial charge in [-0.2, -0.15) is 0 Å². The Labute approximate surface area is 173 Å². The van der Waals surface area contributed by atoms with Crippen LogP contribution in [0.25, 0.3) is 0 Å². The molecule has 0 spiro atoms. The summed E-state index contributed by atoms with van der Waals surface area (Å²) >= 11 is 0. The molecule has 160 valence electrons. The molecule has 1 N–H and O–H groups in total. The minimum atomic E-state index is -1.11. The van der Waals surface area contributed by atoms with E-state index in [-0.39, 0.29) is 23.2 Å². The van der Waals surface area contributed by atoms with E-state index < -0.39 is 11.3 Å². The van der Waals surface area contributed by atoms with Crippen molar-refractivity contribution in [3.05, 3.63) is 18.7 Å². The Morgan fingerprint density at radius 1 is 1.14 bits per heavy atom. The predicted molar refractivity (Wildman–Crippen MR) is 109 cm³/mol. The van der Waals surface area contributed by atoms with Crippen LogP contribution >= 0.6 is 0 Å². The Kier molecular flexibility index (Phi) is 4.51. The summed E-state index contributed by atoms with van der Waals surface area (Å²) in [6.07, 6.45) is 12.9. The number of fused-ring (bicyclic) bond motifs is 5. The van der Waals surface area contributed by atoms with E-state index in [4.69, 9.17) is 0 Å². The minimum Gasteiger partial charge on any atom is -0.390 e. The van der Waals surface area contributed by atoms with Crippen LogP contribution in [-0.2, 0) is 11.3 Å². The number of carbonyl (C=O) groups excluding carboxylic acids is 1. The molecule has 0 amide bonds. The monoisotopic (exact) mass is 402 g/mol. The summed E-state index contributed by atoms with van der Waals surface area (Å²) in [7, 11) is 0. The van der Waals surface area contributed by atoms with Crippen LogP contribution in [0, 0.1) is 35.0 Å². The Morgan fingerprint density at radius 2 is 1.97 bits per heavy atom. The summed E-state index contributed by atoms with van der Waals surface area (Å²) in [4.78, 5) is 17.2. The molecule has 29 heavy (non-hydrogen) atoms. The zero-order valence-corrected chi connectivity index (χ0v) is 17.8. The van der Waals surface area contributed by atoms with E-state index >= 15 is 4.39 Å². The lowest BCUT2D eigenvalue weighted by Crippen LogP contribution is -2.58. The third kappa shape index (κ3) is 3.02. The number of ketones is 1. The highest BCUT2D eigenvalue weighted by molar-refractivity contribution is 5.82. The Bertz CT molecular complexity index is 778. The van der Waals surface area contributed by atoms with E-state index in [0.717, 1.165) is 38.5 Å². The number of hydrogen-bond acceptors (Lipinski definition) is 3. The summed E-state index contributed by atoms with van der Waals surface area (Å²) in [6.45, 7) is 4.61. The topological polar surface area (TPSA) is 55.1 Å². The number of halogens is 1. The molecule has 4 saturated carbocycles. The smallest absolute Gasteiger partial charge is 0.156 e. The maximum Gasteiger partial charge on any atom is 0.156 e. The molecule has 4 fully saturated rings. The zero-order chi connectivity index (χ0) is 20.4. The first-order valence-corrected chi connectivity index (χ1v) is 11.6. The van der Waals surface area contributed by atoms with E-state index in [1.165, 1.54) is 0 Å². The largest absolute Gasteiger partial charge is 0.390 e. The maximum atomic E-state index is 16.4. The molecule has 0 aliphatic heterocycles. The van der Waals surface area contributed by atoms with Gasteiger partial charge in [-0.3, -0.25) is 4.79 Å². The standard InChI is InChI=1S/C24H35FN2O2/c1-22(29)9-10-24(25)16(13-22)3-4-17-18-5-6-20(23(18,2)8-7-19(17)24)21(28)14-27-12-11-26-15-27/h11-12,15-20,29H,3-10,13-14H2,1-2H3/t16-,17+,18+,19?,20-,22-,23+,24-/m1/s1. The quantitative estimate of drug-likeness (QED) is 0.806. The van der Waals surface area contributed by atoms with Gasteiger partial charge < -0.3 is 9.67 Å². The second kappa shape index (κ2) is 6.63. The molecule has 1 unspecified atom stereocenters. The van der Waals surface area contributed by atoms with Crippen LogP contribution in [0.4, 0.5) is 4.39 Å². The van der Waals surface area contributed by atoms with Crippen LogP contribution in [0.15, 0.2) is 18.7 Å². The third-order valence-electron chi connectivity index (χ3n) is 9.60. The molecule has 0 saturated heterocycles. The second-order valence-electron chi connectivity index (χ2n) is 11.2. The highest BCUT2D eigenvalue weighted by Crippen LogP contribution is 2.66. The molecule has 5 heteroatoms. The highest BCUT2D eigenvalue weighted by Gasteiger charge is 2.63. The number of Topliss-reactive ketones (excluding diaryl/α,β-unsaturated/α-hetero) is 1. The van der Waals surface area contributed by atoms with Crippen LogP contribution in [-0.4, -0.2) is 31.7 Å². The normalized spacial score (nSPS) is 49.2. The van der Waals surface area contributed by atoms with Crippen molar-refractivity contribution in [2.24, 2.45) is 35.0 Å².